The molecule has 1 heterocycles. The largest absolute Gasteiger partial charge is 0.497 e. The van der Waals surface area contributed by atoms with Crippen LogP contribution in [0.5, 0.6) is 5.75 Å². The lowest BCUT2D eigenvalue weighted by atomic mass is 10.0. The van der Waals surface area contributed by atoms with E-state index in [2.05, 4.69) is 22.2 Å². The first-order chi connectivity index (χ1) is 14.9. The van der Waals surface area contributed by atoms with Crippen LogP contribution in [0.4, 0.5) is 10.1 Å². The van der Waals surface area contributed by atoms with Crippen molar-refractivity contribution in [3.63, 3.8) is 0 Å². The normalized spacial score (nSPS) is 16.6. The first-order valence-corrected chi connectivity index (χ1v) is 10.6. The van der Waals surface area contributed by atoms with Crippen molar-refractivity contribution in [1.82, 2.24) is 10.2 Å². The molecular weight excluding hydrogens is 397 g/mol. The summed E-state index contributed by atoms with van der Waals surface area (Å²) in [5.74, 6) is 0.203. The molecule has 2 aromatic carbocycles. The molecule has 6 nitrogen and oxygen atoms in total. The summed E-state index contributed by atoms with van der Waals surface area (Å²) in [5, 5.41) is 2.98. The van der Waals surface area contributed by atoms with Gasteiger partial charge < -0.3 is 24.6 Å². The maximum atomic E-state index is 14.0. The van der Waals surface area contributed by atoms with E-state index in [0.717, 1.165) is 48.7 Å². The van der Waals surface area contributed by atoms with Gasteiger partial charge in [-0.2, -0.15) is 0 Å². The van der Waals surface area contributed by atoms with Crippen molar-refractivity contribution in [3.8, 4) is 5.75 Å². The summed E-state index contributed by atoms with van der Waals surface area (Å²) >= 11 is 0. The Morgan fingerprint density at radius 3 is 2.58 bits per heavy atom. The topological polar surface area (TPSA) is 54.0 Å². The third kappa shape index (κ3) is 6.18. The highest BCUT2D eigenvalue weighted by atomic mass is 19.1. The summed E-state index contributed by atoms with van der Waals surface area (Å²) in [5.41, 5.74) is 2.67. The summed E-state index contributed by atoms with van der Waals surface area (Å²) in [6.45, 7) is 7.54. The van der Waals surface area contributed by atoms with Crippen LogP contribution in [0.25, 0.3) is 0 Å². The molecule has 1 N–H and O–H groups in total. The van der Waals surface area contributed by atoms with Gasteiger partial charge in [-0.05, 0) is 56.8 Å². The Bertz CT molecular complexity index is 884. The third-order valence-electron chi connectivity index (χ3n) is 5.66. The number of nitrogens with zero attached hydrogens (tertiary/aromatic N) is 2. The molecule has 2 aromatic rings. The number of benzene rings is 2. The van der Waals surface area contributed by atoms with Gasteiger partial charge in [0.05, 0.1) is 19.8 Å². The van der Waals surface area contributed by atoms with Gasteiger partial charge >= 0.3 is 0 Å². The Kier molecular flexibility index (Phi) is 7.87. The molecule has 1 aliphatic rings. The maximum absolute atomic E-state index is 14.0. The Balaban J connectivity index is 1.62. The van der Waals surface area contributed by atoms with Gasteiger partial charge in [0.1, 0.15) is 17.7 Å². The summed E-state index contributed by atoms with van der Waals surface area (Å²) in [4.78, 5) is 17.2. The van der Waals surface area contributed by atoms with Crippen LogP contribution < -0.4 is 15.0 Å². The van der Waals surface area contributed by atoms with Crippen LogP contribution in [0.2, 0.25) is 0 Å². The summed E-state index contributed by atoms with van der Waals surface area (Å²) in [7, 11) is 3.71. The molecule has 0 aliphatic carbocycles. The van der Waals surface area contributed by atoms with Gasteiger partial charge in [-0.1, -0.05) is 12.1 Å². The van der Waals surface area contributed by atoms with E-state index >= 15 is 0 Å². The second-order valence-corrected chi connectivity index (χ2v) is 8.03. The first-order valence-electron chi connectivity index (χ1n) is 10.6. The Morgan fingerprint density at radius 1 is 1.13 bits per heavy atom. The average molecular weight is 430 g/mol. The fourth-order valence-corrected chi connectivity index (χ4v) is 3.68. The van der Waals surface area contributed by atoms with E-state index in [-0.39, 0.29) is 17.8 Å². The van der Waals surface area contributed by atoms with Gasteiger partial charge in [-0.3, -0.25) is 4.79 Å². The number of hydrogen-bond donors (Lipinski definition) is 1. The summed E-state index contributed by atoms with van der Waals surface area (Å²) in [6, 6.07) is 12.0. The molecule has 1 saturated heterocycles. The van der Waals surface area contributed by atoms with Gasteiger partial charge in [-0.15, -0.1) is 0 Å². The lowest BCUT2D eigenvalue weighted by Gasteiger charge is -2.36. The first kappa shape index (κ1) is 23.0. The molecule has 7 heteroatoms. The molecule has 168 valence electrons. The highest BCUT2D eigenvalue weighted by molar-refractivity contribution is 5.81. The standard InChI is InChI=1S/C24H32FN3O3/c1-17(22-15-20(25)8-9-23(22)28-12-10-27(3)11-13-28)26-24(29)18(2)31-16-19-6-5-7-21(14-19)30-4/h5-9,14-15,17-18H,10-13,16H2,1-4H3,(H,26,29). The molecule has 31 heavy (non-hydrogen) atoms. The van der Waals surface area contributed by atoms with Crippen molar-refractivity contribution in [2.75, 3.05) is 45.2 Å². The van der Waals surface area contributed by atoms with E-state index in [0.29, 0.717) is 6.61 Å². The van der Waals surface area contributed by atoms with E-state index in [1.165, 1.54) is 12.1 Å². The van der Waals surface area contributed by atoms with Crippen molar-refractivity contribution in [3.05, 3.63) is 59.4 Å². The Morgan fingerprint density at radius 2 is 1.87 bits per heavy atom. The number of ether oxygens (including phenoxy) is 2. The fraction of sp³-hybridized carbons (Fsp3) is 0.458. The van der Waals surface area contributed by atoms with Crippen LogP contribution in [0.15, 0.2) is 42.5 Å². The Hall–Kier alpha value is -2.64. The molecule has 2 atom stereocenters. The highest BCUT2D eigenvalue weighted by Crippen LogP contribution is 2.28. The minimum atomic E-state index is -0.644. The molecular formula is C24H32FN3O3. The van der Waals surface area contributed by atoms with Crippen molar-refractivity contribution >= 4 is 11.6 Å². The number of anilines is 1. The van der Waals surface area contributed by atoms with Crippen molar-refractivity contribution in [1.29, 1.82) is 0 Å². The van der Waals surface area contributed by atoms with Crippen LogP contribution in [0.1, 0.15) is 31.0 Å². The number of carbonyl (C=O) groups is 1. The van der Waals surface area contributed by atoms with Crippen LogP contribution in [0, 0.1) is 5.82 Å². The fourth-order valence-electron chi connectivity index (χ4n) is 3.68. The van der Waals surface area contributed by atoms with Gasteiger partial charge in [-0.25, -0.2) is 4.39 Å². The third-order valence-corrected chi connectivity index (χ3v) is 5.66. The minimum Gasteiger partial charge on any atom is -0.497 e. The molecule has 1 fully saturated rings. The van der Waals surface area contributed by atoms with Crippen molar-refractivity contribution in [2.24, 2.45) is 0 Å². The number of amides is 1. The number of methoxy groups -OCH3 is 1. The van der Waals surface area contributed by atoms with Crippen molar-refractivity contribution < 1.29 is 18.7 Å². The molecule has 0 spiro atoms. The predicted molar refractivity (Wildman–Crippen MR) is 120 cm³/mol. The molecule has 2 unspecified atom stereocenters. The molecule has 0 aromatic heterocycles. The van der Waals surface area contributed by atoms with Crippen LogP contribution in [-0.4, -0.2) is 57.2 Å². The zero-order valence-electron chi connectivity index (χ0n) is 18.7. The Labute approximate surface area is 183 Å². The van der Waals surface area contributed by atoms with Crippen LogP contribution >= 0.6 is 0 Å². The average Bonchev–Trinajstić information content (AvgIpc) is 2.78. The molecule has 0 saturated carbocycles. The lowest BCUT2D eigenvalue weighted by molar-refractivity contribution is -0.133. The SMILES string of the molecule is COc1cccc(COC(C)C(=O)NC(C)c2cc(F)ccc2N2CCN(C)CC2)c1. The molecule has 3 rings (SSSR count). The number of halogens is 1. The number of likely N-dealkylation sites (N-methyl/N-ethyl adjacent to an activating group) is 1. The van der Waals surface area contributed by atoms with Gasteiger partial charge in [0.15, 0.2) is 0 Å². The predicted octanol–water partition coefficient (Wildman–Crippen LogP) is 3.37. The zero-order valence-corrected chi connectivity index (χ0v) is 18.7. The maximum Gasteiger partial charge on any atom is 0.249 e. The van der Waals surface area contributed by atoms with Gasteiger partial charge in [0.25, 0.3) is 0 Å². The number of nitrogens with one attached hydrogen (secondary N) is 1. The monoisotopic (exact) mass is 429 g/mol. The second kappa shape index (κ2) is 10.6. The summed E-state index contributed by atoms with van der Waals surface area (Å²) in [6.07, 6.45) is -0.644. The van der Waals surface area contributed by atoms with E-state index in [4.69, 9.17) is 9.47 Å². The molecule has 1 amide bonds. The molecule has 0 radical (unpaired) electrons. The zero-order chi connectivity index (χ0) is 22.4. The van der Waals surface area contributed by atoms with Crippen molar-refractivity contribution in [2.45, 2.75) is 32.6 Å². The van der Waals surface area contributed by atoms with Gasteiger partial charge in [0.2, 0.25) is 5.91 Å². The highest BCUT2D eigenvalue weighted by Gasteiger charge is 2.23. The van der Waals surface area contributed by atoms with Crippen LogP contribution in [0.3, 0.4) is 0 Å². The lowest BCUT2D eigenvalue weighted by Crippen LogP contribution is -2.45. The number of rotatable bonds is 8. The molecule has 0 bridgehead atoms. The summed E-state index contributed by atoms with van der Waals surface area (Å²) < 4.78 is 25.0. The van der Waals surface area contributed by atoms with E-state index in [1.807, 2.05) is 31.2 Å². The second-order valence-electron chi connectivity index (χ2n) is 8.03. The van der Waals surface area contributed by atoms with E-state index < -0.39 is 6.10 Å². The number of piperazine rings is 1. The number of carbonyl (C=O) groups excluding carboxylic acids is 1. The number of hydrogen-bond acceptors (Lipinski definition) is 5. The van der Waals surface area contributed by atoms with E-state index in [1.54, 1.807) is 20.1 Å². The quantitative estimate of drug-likeness (QED) is 0.697. The van der Waals surface area contributed by atoms with E-state index in [9.17, 15) is 9.18 Å². The van der Waals surface area contributed by atoms with Gasteiger partial charge in [0, 0.05) is 37.4 Å². The smallest absolute Gasteiger partial charge is 0.249 e. The molecule has 1 aliphatic heterocycles. The van der Waals surface area contributed by atoms with Crippen LogP contribution in [-0.2, 0) is 16.1 Å². The minimum absolute atomic E-state index is 0.232.